The summed E-state index contributed by atoms with van der Waals surface area (Å²) in [6, 6.07) is 18.3. The van der Waals surface area contributed by atoms with E-state index in [0.29, 0.717) is 6.61 Å². The van der Waals surface area contributed by atoms with E-state index in [4.69, 9.17) is 9.47 Å². The first-order chi connectivity index (χ1) is 13.7. The van der Waals surface area contributed by atoms with Crippen LogP contribution in [0.2, 0.25) is 0 Å². The van der Waals surface area contributed by atoms with Crippen molar-refractivity contribution in [2.45, 2.75) is 45.2 Å². The summed E-state index contributed by atoms with van der Waals surface area (Å²) in [6.07, 6.45) is 1.04. The predicted molar refractivity (Wildman–Crippen MR) is 121 cm³/mol. The summed E-state index contributed by atoms with van der Waals surface area (Å²) >= 11 is 3.58. The van der Waals surface area contributed by atoms with Crippen molar-refractivity contribution in [2.24, 2.45) is 0 Å². The van der Waals surface area contributed by atoms with Gasteiger partial charge in [-0.15, -0.1) is 11.8 Å². The minimum Gasteiger partial charge on any atom is -0.489 e. The fraction of sp³-hybridized carbons (Fsp3) is 0.435. The number of esters is 1. The average molecular weight is 419 g/mol. The molecule has 0 heterocycles. The Labute approximate surface area is 177 Å². The third-order valence-electron chi connectivity index (χ3n) is 4.15. The molecule has 0 saturated heterocycles. The molecule has 0 N–H and O–H groups in total. The molecule has 152 valence electrons. The van der Waals surface area contributed by atoms with Crippen LogP contribution in [0, 0.1) is 0 Å². The first-order valence-corrected chi connectivity index (χ1v) is 12.0. The van der Waals surface area contributed by atoms with Gasteiger partial charge >= 0.3 is 5.97 Å². The molecule has 28 heavy (non-hydrogen) atoms. The number of benzene rings is 2. The molecule has 2 aromatic rings. The second-order valence-electron chi connectivity index (χ2n) is 6.43. The van der Waals surface area contributed by atoms with Gasteiger partial charge in [-0.1, -0.05) is 62.4 Å². The van der Waals surface area contributed by atoms with E-state index in [1.165, 1.54) is 6.92 Å². The van der Waals surface area contributed by atoms with Crippen molar-refractivity contribution in [2.75, 3.05) is 17.3 Å². The number of hydrogen-bond acceptors (Lipinski definition) is 5. The molecule has 0 aromatic heterocycles. The van der Waals surface area contributed by atoms with Gasteiger partial charge in [-0.3, -0.25) is 4.79 Å². The third kappa shape index (κ3) is 7.44. The molecule has 0 aliphatic heterocycles. The largest absolute Gasteiger partial charge is 0.489 e. The Balaban J connectivity index is 2.26. The lowest BCUT2D eigenvalue weighted by atomic mass is 10.0. The van der Waals surface area contributed by atoms with Gasteiger partial charge in [0.2, 0.25) is 0 Å². The van der Waals surface area contributed by atoms with Gasteiger partial charge in [0.05, 0.1) is 0 Å². The monoisotopic (exact) mass is 418 g/mol. The molecule has 0 unspecified atom stereocenters. The molecule has 0 spiro atoms. The van der Waals surface area contributed by atoms with Crippen molar-refractivity contribution >= 4 is 29.5 Å². The number of carbonyl (C=O) groups is 1. The fourth-order valence-electron chi connectivity index (χ4n) is 2.84. The van der Waals surface area contributed by atoms with Gasteiger partial charge in [-0.25, -0.2) is 0 Å². The van der Waals surface area contributed by atoms with Crippen LogP contribution >= 0.6 is 23.5 Å². The van der Waals surface area contributed by atoms with Gasteiger partial charge in [-0.05, 0) is 29.6 Å². The van der Waals surface area contributed by atoms with E-state index < -0.39 is 0 Å². The molecular weight excluding hydrogens is 388 g/mol. The number of thioether (sulfide) groups is 2. The van der Waals surface area contributed by atoms with Crippen LogP contribution in [0.3, 0.4) is 0 Å². The number of rotatable bonds is 12. The number of carbonyl (C=O) groups excluding carboxylic acids is 1. The fourth-order valence-corrected chi connectivity index (χ4v) is 4.96. The van der Waals surface area contributed by atoms with E-state index in [1.54, 1.807) is 11.8 Å². The molecule has 0 saturated carbocycles. The topological polar surface area (TPSA) is 35.5 Å². The van der Waals surface area contributed by atoms with Crippen LogP contribution in [0.5, 0.6) is 5.75 Å². The van der Waals surface area contributed by atoms with Crippen LogP contribution in [-0.4, -0.2) is 28.7 Å². The zero-order chi connectivity index (χ0) is 20.2. The predicted octanol–water partition coefficient (Wildman–Crippen LogP) is 6.13. The zero-order valence-electron chi connectivity index (χ0n) is 16.9. The Bertz CT molecular complexity index is 706. The molecule has 0 aliphatic carbocycles. The van der Waals surface area contributed by atoms with Crippen LogP contribution in [0.1, 0.15) is 44.2 Å². The lowest BCUT2D eigenvalue weighted by Gasteiger charge is -2.28. The molecule has 0 aliphatic rings. The van der Waals surface area contributed by atoms with E-state index in [-0.39, 0.29) is 17.3 Å². The van der Waals surface area contributed by atoms with E-state index in [1.807, 2.05) is 48.2 Å². The molecule has 3 nitrogen and oxygen atoms in total. The van der Waals surface area contributed by atoms with Gasteiger partial charge in [-0.2, -0.15) is 11.8 Å². The van der Waals surface area contributed by atoms with Gasteiger partial charge in [0.1, 0.15) is 12.4 Å². The van der Waals surface area contributed by atoms with Crippen LogP contribution in [0.25, 0.3) is 0 Å². The minimum atomic E-state index is -0.234. The van der Waals surface area contributed by atoms with Crippen LogP contribution < -0.4 is 4.74 Å². The molecule has 2 rings (SSSR count). The summed E-state index contributed by atoms with van der Waals surface area (Å²) in [5.41, 5.74) is 2.03. The van der Waals surface area contributed by atoms with Gasteiger partial charge in [0.25, 0.3) is 0 Å². The van der Waals surface area contributed by atoms with E-state index >= 15 is 0 Å². The standard InChI is InChI=1S/C23H30O3S2/c1-4-15-28-23(26-18(3)24)21(17-27-5-2)20-13-9-10-14-22(20)25-16-19-11-7-6-8-12-19/h6-14,21,23H,4-5,15-17H2,1-3H3/t21-,23-/m1/s1. The molecule has 2 atom stereocenters. The second-order valence-corrected chi connectivity index (χ2v) is 8.95. The van der Waals surface area contributed by atoms with Crippen molar-refractivity contribution in [3.8, 4) is 5.75 Å². The van der Waals surface area contributed by atoms with Crippen LogP contribution in [0.15, 0.2) is 54.6 Å². The quantitative estimate of drug-likeness (QED) is 0.306. The maximum absolute atomic E-state index is 11.7. The van der Waals surface area contributed by atoms with Gasteiger partial charge in [0, 0.05) is 24.2 Å². The minimum absolute atomic E-state index is 0.0809. The van der Waals surface area contributed by atoms with Crippen molar-refractivity contribution < 1.29 is 14.3 Å². The zero-order valence-corrected chi connectivity index (χ0v) is 18.6. The van der Waals surface area contributed by atoms with Crippen molar-refractivity contribution in [3.63, 3.8) is 0 Å². The Morgan fingerprint density at radius 1 is 1.04 bits per heavy atom. The molecule has 5 heteroatoms. The maximum Gasteiger partial charge on any atom is 0.303 e. The maximum atomic E-state index is 11.7. The average Bonchev–Trinajstić information content (AvgIpc) is 2.71. The summed E-state index contributed by atoms with van der Waals surface area (Å²) in [6.45, 7) is 6.30. The van der Waals surface area contributed by atoms with E-state index in [2.05, 4.69) is 32.0 Å². The van der Waals surface area contributed by atoms with Crippen LogP contribution in [-0.2, 0) is 16.1 Å². The highest BCUT2D eigenvalue weighted by Gasteiger charge is 2.28. The Hall–Kier alpha value is -1.59. The Kier molecular flexibility index (Phi) is 10.4. The smallest absolute Gasteiger partial charge is 0.303 e. The second kappa shape index (κ2) is 12.8. The summed E-state index contributed by atoms with van der Waals surface area (Å²) < 4.78 is 11.9. The summed E-state index contributed by atoms with van der Waals surface area (Å²) in [7, 11) is 0. The molecule has 0 radical (unpaired) electrons. The molecule has 0 amide bonds. The van der Waals surface area contributed by atoms with Crippen molar-refractivity contribution in [1.29, 1.82) is 0 Å². The molecule has 0 bridgehead atoms. The first kappa shape index (κ1) is 22.7. The SMILES string of the molecule is CCCS[C@@H](OC(C)=O)[C@H](CSCC)c1ccccc1OCc1ccccc1. The Morgan fingerprint density at radius 2 is 1.75 bits per heavy atom. The molecular formula is C23H30O3S2. The normalized spacial score (nSPS) is 13.0. The van der Waals surface area contributed by atoms with Gasteiger partial charge in [0.15, 0.2) is 5.44 Å². The lowest BCUT2D eigenvalue weighted by Crippen LogP contribution is -2.24. The molecule has 2 aromatic carbocycles. The lowest BCUT2D eigenvalue weighted by molar-refractivity contribution is -0.143. The molecule has 0 fully saturated rings. The first-order valence-electron chi connectivity index (χ1n) is 9.77. The van der Waals surface area contributed by atoms with Crippen LogP contribution in [0.4, 0.5) is 0 Å². The highest BCUT2D eigenvalue weighted by atomic mass is 32.2. The highest BCUT2D eigenvalue weighted by molar-refractivity contribution is 8.00. The van der Waals surface area contributed by atoms with Gasteiger partial charge < -0.3 is 9.47 Å². The van der Waals surface area contributed by atoms with E-state index in [0.717, 1.165) is 40.6 Å². The number of ether oxygens (including phenoxy) is 2. The van der Waals surface area contributed by atoms with Crippen molar-refractivity contribution in [3.05, 3.63) is 65.7 Å². The highest BCUT2D eigenvalue weighted by Crippen LogP contribution is 2.38. The number of para-hydroxylation sites is 1. The Morgan fingerprint density at radius 3 is 2.43 bits per heavy atom. The van der Waals surface area contributed by atoms with Crippen molar-refractivity contribution in [1.82, 2.24) is 0 Å². The van der Waals surface area contributed by atoms with E-state index in [9.17, 15) is 4.79 Å². The summed E-state index contributed by atoms with van der Waals surface area (Å²) in [5.74, 6) is 3.58. The number of hydrogen-bond donors (Lipinski definition) is 0. The summed E-state index contributed by atoms with van der Waals surface area (Å²) in [4.78, 5) is 11.7. The summed E-state index contributed by atoms with van der Waals surface area (Å²) in [5, 5.41) is 0. The third-order valence-corrected chi connectivity index (χ3v) is 6.55.